The molecule has 1 amide bonds. The molecule has 0 saturated carbocycles. The number of nitrogens with zero attached hydrogens (tertiary/aromatic N) is 1. The third-order valence-electron chi connectivity index (χ3n) is 2.30. The van der Waals surface area contributed by atoms with Gasteiger partial charge in [-0.15, -0.1) is 0 Å². The van der Waals surface area contributed by atoms with Gasteiger partial charge >= 0.3 is 0 Å². The van der Waals surface area contributed by atoms with E-state index in [-0.39, 0.29) is 11.8 Å². The molecule has 4 nitrogen and oxygen atoms in total. The fraction of sp³-hybridized carbons (Fsp3) is 0.273. The first-order valence-electron chi connectivity index (χ1n) is 4.89. The largest absolute Gasteiger partial charge is 0.390 e. The molecule has 0 fully saturated rings. The Bertz CT molecular complexity index is 383. The van der Waals surface area contributed by atoms with Crippen molar-refractivity contribution in [1.29, 1.82) is 0 Å². The Balaban J connectivity index is 1.99. The van der Waals surface area contributed by atoms with Crippen LogP contribution in [-0.2, 0) is 4.79 Å². The summed E-state index contributed by atoms with van der Waals surface area (Å²) in [6.07, 6.45) is 5.33. The zero-order chi connectivity index (χ0) is 10.7. The molecule has 0 radical (unpaired) electrons. The zero-order valence-corrected chi connectivity index (χ0v) is 8.53. The van der Waals surface area contributed by atoms with Gasteiger partial charge in [0.25, 0.3) is 0 Å². The first-order chi connectivity index (χ1) is 7.25. The Morgan fingerprint density at radius 1 is 1.60 bits per heavy atom. The van der Waals surface area contributed by atoms with E-state index in [0.717, 1.165) is 11.4 Å². The van der Waals surface area contributed by atoms with Crippen molar-refractivity contribution in [3.05, 3.63) is 36.3 Å². The maximum Gasteiger partial charge on any atom is 0.233 e. The molecular weight excluding hydrogens is 190 g/mol. The van der Waals surface area contributed by atoms with E-state index in [1.54, 1.807) is 12.4 Å². The van der Waals surface area contributed by atoms with Crippen molar-refractivity contribution in [3.8, 4) is 0 Å². The molecular formula is C11H13N3O. The number of pyridine rings is 1. The minimum atomic E-state index is -0.0775. The SMILES string of the molecule is Cc1ccc(NC(=O)C2C=CNC2)cn1. The van der Waals surface area contributed by atoms with Crippen LogP contribution in [0.25, 0.3) is 0 Å². The number of rotatable bonds is 2. The summed E-state index contributed by atoms with van der Waals surface area (Å²) in [7, 11) is 0. The monoisotopic (exact) mass is 203 g/mol. The van der Waals surface area contributed by atoms with Gasteiger partial charge < -0.3 is 10.6 Å². The number of aryl methyl sites for hydroxylation is 1. The van der Waals surface area contributed by atoms with E-state index in [9.17, 15) is 4.79 Å². The van der Waals surface area contributed by atoms with Crippen LogP contribution in [0.2, 0.25) is 0 Å². The standard InChI is InChI=1S/C11H13N3O/c1-8-2-3-10(7-13-8)14-11(15)9-4-5-12-6-9/h2-5,7,9,12H,6H2,1H3,(H,14,15). The van der Waals surface area contributed by atoms with Crippen molar-refractivity contribution in [3.63, 3.8) is 0 Å². The molecule has 0 saturated heterocycles. The number of nitrogens with one attached hydrogen (secondary N) is 2. The molecule has 2 N–H and O–H groups in total. The van der Waals surface area contributed by atoms with Crippen molar-refractivity contribution in [2.75, 3.05) is 11.9 Å². The van der Waals surface area contributed by atoms with Gasteiger partial charge in [-0.2, -0.15) is 0 Å². The molecule has 1 unspecified atom stereocenters. The van der Waals surface area contributed by atoms with Crippen LogP contribution in [0.5, 0.6) is 0 Å². The number of hydrogen-bond donors (Lipinski definition) is 2. The maximum absolute atomic E-state index is 11.7. The lowest BCUT2D eigenvalue weighted by Gasteiger charge is -2.08. The average molecular weight is 203 g/mol. The van der Waals surface area contributed by atoms with Crippen molar-refractivity contribution in [2.24, 2.45) is 5.92 Å². The summed E-state index contributed by atoms with van der Waals surface area (Å²) >= 11 is 0. The second kappa shape index (κ2) is 4.13. The zero-order valence-electron chi connectivity index (χ0n) is 8.53. The highest BCUT2D eigenvalue weighted by Crippen LogP contribution is 2.10. The lowest BCUT2D eigenvalue weighted by molar-refractivity contribution is -0.118. The van der Waals surface area contributed by atoms with Gasteiger partial charge in [0.2, 0.25) is 5.91 Å². The number of aromatic nitrogens is 1. The fourth-order valence-electron chi connectivity index (χ4n) is 1.40. The van der Waals surface area contributed by atoms with Gasteiger partial charge in [-0.1, -0.05) is 6.08 Å². The highest BCUT2D eigenvalue weighted by atomic mass is 16.1. The van der Waals surface area contributed by atoms with Crippen LogP contribution in [-0.4, -0.2) is 17.4 Å². The van der Waals surface area contributed by atoms with Crippen molar-refractivity contribution >= 4 is 11.6 Å². The molecule has 1 atom stereocenters. The van der Waals surface area contributed by atoms with E-state index in [0.29, 0.717) is 6.54 Å². The Morgan fingerprint density at radius 3 is 3.07 bits per heavy atom. The molecule has 0 bridgehead atoms. The second-order valence-corrected chi connectivity index (χ2v) is 3.55. The van der Waals surface area contributed by atoms with Crippen LogP contribution < -0.4 is 10.6 Å². The van der Waals surface area contributed by atoms with E-state index in [1.165, 1.54) is 0 Å². The summed E-state index contributed by atoms with van der Waals surface area (Å²) in [6.45, 7) is 2.58. The summed E-state index contributed by atoms with van der Waals surface area (Å²) in [4.78, 5) is 15.8. The van der Waals surface area contributed by atoms with Crippen LogP contribution in [0, 0.1) is 12.8 Å². The number of anilines is 1. The van der Waals surface area contributed by atoms with Crippen LogP contribution in [0.15, 0.2) is 30.6 Å². The van der Waals surface area contributed by atoms with Crippen LogP contribution in [0.3, 0.4) is 0 Å². The first kappa shape index (κ1) is 9.71. The predicted octanol–water partition coefficient (Wildman–Crippen LogP) is 1.06. The molecule has 0 aliphatic carbocycles. The molecule has 1 aliphatic rings. The van der Waals surface area contributed by atoms with Gasteiger partial charge in [-0.25, -0.2) is 0 Å². The van der Waals surface area contributed by atoms with Crippen LogP contribution in [0.1, 0.15) is 5.69 Å². The van der Waals surface area contributed by atoms with Crippen molar-refractivity contribution < 1.29 is 4.79 Å². The molecule has 1 aliphatic heterocycles. The summed E-state index contributed by atoms with van der Waals surface area (Å²) in [6, 6.07) is 3.73. The minimum Gasteiger partial charge on any atom is -0.390 e. The third kappa shape index (κ3) is 2.34. The molecule has 1 aromatic heterocycles. The predicted molar refractivity (Wildman–Crippen MR) is 58.2 cm³/mol. The summed E-state index contributed by atoms with van der Waals surface area (Å²) in [5, 5.41) is 5.81. The number of amides is 1. The van der Waals surface area contributed by atoms with Crippen LogP contribution in [0.4, 0.5) is 5.69 Å². The Kier molecular flexibility index (Phi) is 2.67. The summed E-state index contributed by atoms with van der Waals surface area (Å²) in [5.74, 6) is -0.0757. The van der Waals surface area contributed by atoms with Crippen molar-refractivity contribution in [2.45, 2.75) is 6.92 Å². The Labute approximate surface area is 88.4 Å². The lowest BCUT2D eigenvalue weighted by atomic mass is 10.1. The highest BCUT2D eigenvalue weighted by Gasteiger charge is 2.17. The second-order valence-electron chi connectivity index (χ2n) is 3.55. The number of carbonyl (C=O) groups is 1. The number of hydrogen-bond acceptors (Lipinski definition) is 3. The molecule has 15 heavy (non-hydrogen) atoms. The lowest BCUT2D eigenvalue weighted by Crippen LogP contribution is -2.25. The van der Waals surface area contributed by atoms with Crippen LogP contribution >= 0.6 is 0 Å². The topological polar surface area (TPSA) is 54.0 Å². The first-order valence-corrected chi connectivity index (χ1v) is 4.89. The molecule has 78 valence electrons. The van der Waals surface area contributed by atoms with Gasteiger partial charge in [0.1, 0.15) is 0 Å². The van der Waals surface area contributed by atoms with Gasteiger partial charge in [0, 0.05) is 12.2 Å². The van der Waals surface area contributed by atoms with E-state index < -0.39 is 0 Å². The summed E-state index contributed by atoms with van der Waals surface area (Å²) < 4.78 is 0. The van der Waals surface area contributed by atoms with Gasteiger partial charge in [-0.3, -0.25) is 9.78 Å². The fourth-order valence-corrected chi connectivity index (χ4v) is 1.40. The van der Waals surface area contributed by atoms with E-state index in [1.807, 2.05) is 25.1 Å². The molecule has 2 heterocycles. The molecule has 0 aromatic carbocycles. The average Bonchev–Trinajstić information content (AvgIpc) is 2.74. The van der Waals surface area contributed by atoms with E-state index in [4.69, 9.17) is 0 Å². The van der Waals surface area contributed by atoms with Gasteiger partial charge in [-0.05, 0) is 25.3 Å². The molecule has 0 spiro atoms. The molecule has 4 heteroatoms. The van der Waals surface area contributed by atoms with Gasteiger partial charge in [0.15, 0.2) is 0 Å². The minimum absolute atomic E-state index is 0.00176. The quantitative estimate of drug-likeness (QED) is 0.755. The van der Waals surface area contributed by atoms with Gasteiger partial charge in [0.05, 0.1) is 17.8 Å². The molecule has 2 rings (SSSR count). The Morgan fingerprint density at radius 2 is 2.47 bits per heavy atom. The van der Waals surface area contributed by atoms with E-state index >= 15 is 0 Å². The highest BCUT2D eigenvalue weighted by molar-refractivity contribution is 5.93. The summed E-state index contributed by atoms with van der Waals surface area (Å²) in [5.41, 5.74) is 1.68. The maximum atomic E-state index is 11.7. The van der Waals surface area contributed by atoms with Crippen molar-refractivity contribution in [1.82, 2.24) is 10.3 Å². The van der Waals surface area contributed by atoms with E-state index in [2.05, 4.69) is 15.6 Å². The number of carbonyl (C=O) groups excluding carboxylic acids is 1. The Hall–Kier alpha value is -1.84. The molecule has 1 aromatic rings. The smallest absolute Gasteiger partial charge is 0.233 e. The third-order valence-corrected chi connectivity index (χ3v) is 2.30. The normalized spacial score (nSPS) is 18.6.